The Bertz CT molecular complexity index is 804. The summed E-state index contributed by atoms with van der Waals surface area (Å²) in [6.45, 7) is 5.22. The number of anilines is 1. The molecule has 0 bridgehead atoms. The van der Waals surface area contributed by atoms with Crippen LogP contribution >= 0.6 is 0 Å². The molecule has 1 aliphatic rings. The fourth-order valence-corrected chi connectivity index (χ4v) is 3.36. The first-order valence-electron chi connectivity index (χ1n) is 8.41. The first-order valence-corrected chi connectivity index (χ1v) is 8.41. The van der Waals surface area contributed by atoms with Crippen LogP contribution in [0.5, 0.6) is 0 Å². The molecule has 0 saturated carbocycles. The minimum Gasteiger partial charge on any atom is -0.392 e. The lowest BCUT2D eigenvalue weighted by Crippen LogP contribution is -2.45. The molecule has 0 atom stereocenters. The van der Waals surface area contributed by atoms with Gasteiger partial charge in [-0.25, -0.2) is 4.98 Å². The van der Waals surface area contributed by atoms with Gasteiger partial charge in [0, 0.05) is 56.2 Å². The van der Waals surface area contributed by atoms with Crippen LogP contribution in [0.3, 0.4) is 0 Å². The van der Waals surface area contributed by atoms with Crippen molar-refractivity contribution in [2.24, 2.45) is 0 Å². The molecular weight excluding hydrogens is 300 g/mol. The highest BCUT2D eigenvalue weighted by molar-refractivity contribution is 5.79. The Balaban J connectivity index is 1.39. The summed E-state index contributed by atoms with van der Waals surface area (Å²) in [6.07, 6.45) is 3.90. The molecule has 2 N–H and O–H groups in total. The maximum Gasteiger partial charge on any atom is 0.137 e. The molecule has 0 spiro atoms. The number of rotatable bonds is 4. The van der Waals surface area contributed by atoms with Gasteiger partial charge in [-0.05, 0) is 35.4 Å². The quantitative estimate of drug-likeness (QED) is 0.774. The van der Waals surface area contributed by atoms with Crippen molar-refractivity contribution < 1.29 is 5.11 Å². The zero-order valence-corrected chi connectivity index (χ0v) is 13.7. The Labute approximate surface area is 141 Å². The van der Waals surface area contributed by atoms with E-state index in [9.17, 15) is 0 Å². The summed E-state index contributed by atoms with van der Waals surface area (Å²) in [6, 6.07) is 12.3. The van der Waals surface area contributed by atoms with E-state index < -0.39 is 0 Å². The minimum absolute atomic E-state index is 0.105. The van der Waals surface area contributed by atoms with Crippen molar-refractivity contribution in [1.29, 1.82) is 0 Å². The van der Waals surface area contributed by atoms with Crippen LogP contribution in [0.15, 0.2) is 48.8 Å². The third-order valence-corrected chi connectivity index (χ3v) is 4.79. The molecule has 0 radical (unpaired) electrons. The molecule has 0 amide bonds. The number of aromatic nitrogens is 2. The number of fused-ring (bicyclic) bond motifs is 1. The molecule has 2 aromatic heterocycles. The number of benzene rings is 1. The van der Waals surface area contributed by atoms with Crippen molar-refractivity contribution >= 4 is 16.7 Å². The van der Waals surface area contributed by atoms with Crippen LogP contribution in [0, 0.1) is 0 Å². The minimum atomic E-state index is 0.105. The van der Waals surface area contributed by atoms with Crippen LogP contribution in [0.25, 0.3) is 11.0 Å². The standard InChI is InChI=1S/C19H22N4O/c24-14-15-3-5-17(6-4-15)23-10-8-22(9-11-23)13-16-12-21-19-18(16)2-1-7-20-19/h1-7,12,24H,8-11,13-14H2,(H,20,21). The predicted octanol–water partition coefficient (Wildman–Crippen LogP) is 2.38. The van der Waals surface area contributed by atoms with Crippen LogP contribution in [0.1, 0.15) is 11.1 Å². The lowest BCUT2D eigenvalue weighted by atomic mass is 10.1. The fraction of sp³-hybridized carbons (Fsp3) is 0.316. The van der Waals surface area contributed by atoms with Gasteiger partial charge in [-0.2, -0.15) is 0 Å². The van der Waals surface area contributed by atoms with E-state index >= 15 is 0 Å². The van der Waals surface area contributed by atoms with E-state index in [0.29, 0.717) is 0 Å². The molecule has 5 heteroatoms. The van der Waals surface area contributed by atoms with E-state index in [4.69, 9.17) is 5.11 Å². The van der Waals surface area contributed by atoms with Gasteiger partial charge in [0.15, 0.2) is 0 Å². The lowest BCUT2D eigenvalue weighted by molar-refractivity contribution is 0.250. The van der Waals surface area contributed by atoms with Gasteiger partial charge in [0.1, 0.15) is 5.65 Å². The largest absolute Gasteiger partial charge is 0.392 e. The van der Waals surface area contributed by atoms with Gasteiger partial charge in [0.2, 0.25) is 0 Å². The van der Waals surface area contributed by atoms with E-state index in [-0.39, 0.29) is 6.61 Å². The van der Waals surface area contributed by atoms with E-state index in [2.05, 4.69) is 44.2 Å². The smallest absolute Gasteiger partial charge is 0.137 e. The second kappa shape index (κ2) is 6.63. The number of hydrogen-bond acceptors (Lipinski definition) is 4. The zero-order valence-electron chi connectivity index (χ0n) is 13.7. The molecule has 3 heterocycles. The molecule has 3 aromatic rings. The van der Waals surface area contributed by atoms with Gasteiger partial charge < -0.3 is 15.0 Å². The predicted molar refractivity (Wildman–Crippen MR) is 95.9 cm³/mol. The summed E-state index contributed by atoms with van der Waals surface area (Å²) in [5, 5.41) is 10.4. The van der Waals surface area contributed by atoms with Gasteiger partial charge in [0.05, 0.1) is 6.61 Å². The second-order valence-corrected chi connectivity index (χ2v) is 6.30. The van der Waals surface area contributed by atoms with Crippen molar-refractivity contribution in [1.82, 2.24) is 14.9 Å². The highest BCUT2D eigenvalue weighted by Crippen LogP contribution is 2.21. The third-order valence-electron chi connectivity index (χ3n) is 4.79. The summed E-state index contributed by atoms with van der Waals surface area (Å²) in [5.74, 6) is 0. The van der Waals surface area contributed by atoms with Gasteiger partial charge in [0.25, 0.3) is 0 Å². The van der Waals surface area contributed by atoms with Crippen molar-refractivity contribution in [3.63, 3.8) is 0 Å². The Morgan fingerprint density at radius 1 is 1.04 bits per heavy atom. The molecular formula is C19H22N4O. The number of piperazine rings is 1. The van der Waals surface area contributed by atoms with Crippen molar-refractivity contribution in [2.45, 2.75) is 13.2 Å². The van der Waals surface area contributed by atoms with E-state index in [1.807, 2.05) is 24.4 Å². The van der Waals surface area contributed by atoms with Crippen LogP contribution in [0.2, 0.25) is 0 Å². The first kappa shape index (κ1) is 15.2. The van der Waals surface area contributed by atoms with Gasteiger partial charge in [-0.1, -0.05) is 12.1 Å². The van der Waals surface area contributed by atoms with E-state index in [0.717, 1.165) is 43.9 Å². The van der Waals surface area contributed by atoms with Crippen molar-refractivity contribution in [3.05, 3.63) is 59.9 Å². The number of aliphatic hydroxyl groups is 1. The molecule has 0 aliphatic carbocycles. The number of pyridine rings is 1. The summed E-state index contributed by atoms with van der Waals surface area (Å²) in [7, 11) is 0. The zero-order chi connectivity index (χ0) is 16.4. The lowest BCUT2D eigenvalue weighted by Gasteiger charge is -2.36. The second-order valence-electron chi connectivity index (χ2n) is 6.30. The Kier molecular flexibility index (Phi) is 4.19. The summed E-state index contributed by atoms with van der Waals surface area (Å²) < 4.78 is 0. The van der Waals surface area contributed by atoms with Gasteiger partial charge in [-0.15, -0.1) is 0 Å². The average Bonchev–Trinajstić information content (AvgIpc) is 3.06. The normalized spacial score (nSPS) is 16.0. The Morgan fingerprint density at radius 3 is 2.58 bits per heavy atom. The van der Waals surface area contributed by atoms with E-state index in [1.54, 1.807) is 0 Å². The Hall–Kier alpha value is -2.37. The molecule has 4 rings (SSSR count). The number of nitrogens with one attached hydrogen (secondary N) is 1. The highest BCUT2D eigenvalue weighted by atomic mass is 16.3. The molecule has 5 nitrogen and oxygen atoms in total. The maximum absolute atomic E-state index is 9.14. The van der Waals surface area contributed by atoms with Crippen molar-refractivity contribution in [3.8, 4) is 0 Å². The van der Waals surface area contributed by atoms with E-state index in [1.165, 1.54) is 16.6 Å². The monoisotopic (exact) mass is 322 g/mol. The Morgan fingerprint density at radius 2 is 1.83 bits per heavy atom. The first-order chi connectivity index (χ1) is 11.8. The van der Waals surface area contributed by atoms with Gasteiger partial charge >= 0.3 is 0 Å². The highest BCUT2D eigenvalue weighted by Gasteiger charge is 2.18. The fourth-order valence-electron chi connectivity index (χ4n) is 3.36. The van der Waals surface area contributed by atoms with Crippen LogP contribution in [0.4, 0.5) is 5.69 Å². The third kappa shape index (κ3) is 3.00. The maximum atomic E-state index is 9.14. The number of aromatic amines is 1. The number of nitrogens with zero attached hydrogens (tertiary/aromatic N) is 3. The SMILES string of the molecule is OCc1ccc(N2CCN(Cc3c[nH]c4ncccc34)CC2)cc1. The molecule has 1 fully saturated rings. The van der Waals surface area contributed by atoms with Crippen LogP contribution < -0.4 is 4.90 Å². The summed E-state index contributed by atoms with van der Waals surface area (Å²) >= 11 is 0. The van der Waals surface area contributed by atoms with Gasteiger partial charge in [-0.3, -0.25) is 4.90 Å². The molecule has 0 unspecified atom stereocenters. The molecule has 24 heavy (non-hydrogen) atoms. The van der Waals surface area contributed by atoms with Crippen LogP contribution in [-0.4, -0.2) is 46.2 Å². The summed E-state index contributed by atoms with van der Waals surface area (Å²) in [4.78, 5) is 12.5. The molecule has 124 valence electrons. The molecule has 1 aromatic carbocycles. The molecule has 1 aliphatic heterocycles. The number of H-pyrrole nitrogens is 1. The van der Waals surface area contributed by atoms with Crippen molar-refractivity contribution in [2.75, 3.05) is 31.1 Å². The average molecular weight is 322 g/mol. The van der Waals surface area contributed by atoms with Crippen LogP contribution in [-0.2, 0) is 13.2 Å². The summed E-state index contributed by atoms with van der Waals surface area (Å²) in [5.41, 5.74) is 4.49. The molecule has 1 saturated heterocycles. The topological polar surface area (TPSA) is 55.4 Å². The number of hydrogen-bond donors (Lipinski definition) is 2. The number of aliphatic hydroxyl groups excluding tert-OH is 1.